The summed E-state index contributed by atoms with van der Waals surface area (Å²) in [4.78, 5) is 30.3. The Bertz CT molecular complexity index is 3920. The number of amides is 2. The molecule has 0 bridgehead atoms. The molecular weight excluding hydrogens is 713 g/mol. The lowest BCUT2D eigenvalue weighted by atomic mass is 9.74. The topological polar surface area (TPSA) is 139 Å². The molecule has 1 saturated carbocycles. The summed E-state index contributed by atoms with van der Waals surface area (Å²) in [7, 11) is 0. The fraction of sp³-hybridized carbons (Fsp3) is 0.224. The second-order valence-electron chi connectivity index (χ2n) is 18.2. The van der Waals surface area contributed by atoms with Crippen LogP contribution in [-0.2, 0) is 9.59 Å². The van der Waals surface area contributed by atoms with Crippen molar-refractivity contribution in [3.05, 3.63) is 75.9 Å². The van der Waals surface area contributed by atoms with E-state index in [0.29, 0.717) is 0 Å². The third-order valence-electron chi connectivity index (χ3n) is 16.6. The molecule has 17 rings (SSSR count). The van der Waals surface area contributed by atoms with Gasteiger partial charge >= 0.3 is 0 Å². The first-order valence-electron chi connectivity index (χ1n) is 20.3. The molecule has 5 aliphatic carbocycles. The molecule has 5 aliphatic rings. The average molecular weight is 741 g/mol. The number of carbonyl (C=O) groups is 2. The minimum atomic E-state index is -1.67. The van der Waals surface area contributed by atoms with E-state index in [9.17, 15) is 20.4 Å². The van der Waals surface area contributed by atoms with Crippen LogP contribution in [0.5, 0.6) is 0 Å². The monoisotopic (exact) mass is 740 g/mol. The van der Waals surface area contributed by atoms with Crippen molar-refractivity contribution in [2.24, 2.45) is 5.41 Å². The van der Waals surface area contributed by atoms with E-state index in [1.807, 2.05) is 0 Å². The van der Waals surface area contributed by atoms with Crippen molar-refractivity contribution in [2.45, 2.75) is 35.8 Å². The Hall–Kier alpha value is -5.90. The molecular formula is C49H28N2O6. The van der Waals surface area contributed by atoms with Crippen LogP contribution in [0.25, 0.3) is 125 Å². The number of benzene rings is 7. The third kappa shape index (κ3) is 2.31. The average Bonchev–Trinajstić information content (AvgIpc) is 3.81. The maximum atomic E-state index is 15.1. The fourth-order valence-electron chi connectivity index (χ4n) is 15.0. The van der Waals surface area contributed by atoms with E-state index in [1.54, 1.807) is 0 Å². The van der Waals surface area contributed by atoms with E-state index in [-0.39, 0.29) is 11.8 Å². The number of nitrogens with one attached hydrogen (secondary N) is 2. The highest BCUT2D eigenvalue weighted by Crippen LogP contribution is 2.80. The van der Waals surface area contributed by atoms with Gasteiger partial charge in [-0.15, -0.1) is 0 Å². The molecule has 6 N–H and O–H groups in total. The van der Waals surface area contributed by atoms with Crippen molar-refractivity contribution in [2.75, 3.05) is 26.4 Å². The molecule has 12 aromatic rings. The molecule has 2 amide bonds. The van der Waals surface area contributed by atoms with Gasteiger partial charge in [-0.3, -0.25) is 9.59 Å². The summed E-state index contributed by atoms with van der Waals surface area (Å²) in [5.74, 6) is -1.94. The normalized spacial score (nSPS) is 22.5. The molecule has 0 radical (unpaired) electrons. The summed E-state index contributed by atoms with van der Waals surface area (Å²) in [6, 6.07) is 12.1. The zero-order chi connectivity index (χ0) is 37.2. The van der Waals surface area contributed by atoms with E-state index in [4.69, 9.17) is 0 Å². The van der Waals surface area contributed by atoms with E-state index < -0.39 is 67.6 Å². The van der Waals surface area contributed by atoms with Crippen LogP contribution >= 0.6 is 0 Å². The van der Waals surface area contributed by atoms with Crippen LogP contribution in [0.4, 0.5) is 0 Å². The molecule has 4 atom stereocenters. The SMILES string of the molecule is O=C(NC(CO)CO)C1(C(=O)NC(CO)CO)C2c3c4c5c6c3c3c(c7ccc8c9ccc%10c%11ccc%12c%13c(c%14c6c6c3c7c8c3c9c%10c(c%13%11)c%14c36)C5C%12C=C4)C21. The van der Waals surface area contributed by atoms with Crippen molar-refractivity contribution < 1.29 is 30.0 Å². The molecule has 57 heavy (non-hydrogen) atoms. The molecule has 12 aromatic carbocycles. The van der Waals surface area contributed by atoms with E-state index in [1.165, 1.54) is 124 Å². The van der Waals surface area contributed by atoms with Crippen LogP contribution in [0.15, 0.2) is 42.5 Å². The van der Waals surface area contributed by atoms with E-state index in [0.717, 1.165) is 27.5 Å². The Balaban J connectivity index is 1.15. The fourth-order valence-corrected chi connectivity index (χ4v) is 15.0. The summed E-state index contributed by atoms with van der Waals surface area (Å²) >= 11 is 0. The quantitative estimate of drug-likeness (QED) is 0.0771. The first-order chi connectivity index (χ1) is 28.0. The van der Waals surface area contributed by atoms with Crippen molar-refractivity contribution >= 4 is 136 Å². The lowest BCUT2D eigenvalue weighted by molar-refractivity contribution is -0.139. The smallest absolute Gasteiger partial charge is 0.237 e. The maximum absolute atomic E-state index is 15.1. The number of hydrogen-bond acceptors (Lipinski definition) is 6. The van der Waals surface area contributed by atoms with Gasteiger partial charge in [0, 0.05) is 23.7 Å². The van der Waals surface area contributed by atoms with Crippen LogP contribution in [0.2, 0.25) is 0 Å². The van der Waals surface area contributed by atoms with Crippen molar-refractivity contribution in [3.8, 4) is 0 Å². The highest BCUT2D eigenvalue weighted by molar-refractivity contribution is 6.64. The molecule has 0 aliphatic heterocycles. The first kappa shape index (κ1) is 28.5. The number of hydrogen-bond donors (Lipinski definition) is 6. The van der Waals surface area contributed by atoms with Gasteiger partial charge in [-0.2, -0.15) is 0 Å². The van der Waals surface area contributed by atoms with Gasteiger partial charge in [0.2, 0.25) is 11.8 Å². The summed E-state index contributed by atoms with van der Waals surface area (Å²) in [6.07, 6.45) is 4.67. The second-order valence-corrected chi connectivity index (χ2v) is 18.2. The van der Waals surface area contributed by atoms with Crippen molar-refractivity contribution in [3.63, 3.8) is 0 Å². The van der Waals surface area contributed by atoms with Gasteiger partial charge in [-0.1, -0.05) is 48.6 Å². The van der Waals surface area contributed by atoms with Crippen LogP contribution in [0.1, 0.15) is 57.1 Å². The van der Waals surface area contributed by atoms with Gasteiger partial charge in [0.25, 0.3) is 0 Å². The Morgan fingerprint density at radius 1 is 0.491 bits per heavy atom. The number of carbonyl (C=O) groups excluding carboxylic acids is 2. The van der Waals surface area contributed by atoms with Crippen molar-refractivity contribution in [1.29, 1.82) is 0 Å². The Morgan fingerprint density at radius 2 is 0.912 bits per heavy atom. The predicted octanol–water partition coefficient (Wildman–Crippen LogP) is 6.56. The summed E-state index contributed by atoms with van der Waals surface area (Å²) in [5, 5.41) is 75.5. The van der Waals surface area contributed by atoms with Gasteiger partial charge in [0.15, 0.2) is 0 Å². The number of fused-ring (bicyclic) bond motifs is 8. The number of allylic oxidation sites excluding steroid dienone is 1. The largest absolute Gasteiger partial charge is 0.394 e. The Morgan fingerprint density at radius 3 is 1.53 bits per heavy atom. The highest BCUT2D eigenvalue weighted by Gasteiger charge is 2.78. The zero-order valence-electron chi connectivity index (χ0n) is 30.0. The van der Waals surface area contributed by atoms with Gasteiger partial charge in [0.05, 0.1) is 38.5 Å². The highest BCUT2D eigenvalue weighted by atomic mass is 16.3. The minimum absolute atomic E-state index is 0.114. The maximum Gasteiger partial charge on any atom is 0.237 e. The summed E-state index contributed by atoms with van der Waals surface area (Å²) in [5.41, 5.74) is 5.69. The second kappa shape index (κ2) is 8.10. The molecule has 1 fully saturated rings. The van der Waals surface area contributed by atoms with E-state index >= 15 is 9.59 Å². The molecule has 0 aromatic heterocycles. The lowest BCUT2D eigenvalue weighted by Gasteiger charge is -2.28. The first-order valence-corrected chi connectivity index (χ1v) is 20.3. The van der Waals surface area contributed by atoms with Crippen molar-refractivity contribution in [1.82, 2.24) is 10.6 Å². The molecule has 270 valence electrons. The molecule has 8 heteroatoms. The van der Waals surface area contributed by atoms with Crippen LogP contribution < -0.4 is 10.6 Å². The minimum Gasteiger partial charge on any atom is -0.394 e. The van der Waals surface area contributed by atoms with E-state index in [2.05, 4.69) is 59.2 Å². The summed E-state index contributed by atoms with van der Waals surface area (Å²) < 4.78 is 0. The number of aliphatic hydroxyl groups is 4. The molecule has 4 unspecified atom stereocenters. The molecule has 0 saturated heterocycles. The van der Waals surface area contributed by atoms with Crippen LogP contribution in [0.3, 0.4) is 0 Å². The summed E-state index contributed by atoms with van der Waals surface area (Å²) in [6.45, 7) is -1.96. The number of rotatable bonds is 8. The van der Waals surface area contributed by atoms with Gasteiger partial charge in [-0.05, 0) is 152 Å². The Labute approximate surface area is 319 Å². The predicted molar refractivity (Wildman–Crippen MR) is 222 cm³/mol. The molecule has 8 nitrogen and oxygen atoms in total. The van der Waals surface area contributed by atoms with Gasteiger partial charge in [0.1, 0.15) is 5.41 Å². The zero-order valence-corrected chi connectivity index (χ0v) is 30.0. The van der Waals surface area contributed by atoms with Gasteiger partial charge < -0.3 is 31.1 Å². The molecule has 0 spiro atoms. The lowest BCUT2D eigenvalue weighted by Crippen LogP contribution is -2.52. The van der Waals surface area contributed by atoms with Crippen LogP contribution in [0, 0.1) is 5.41 Å². The standard InChI is InChI=1S/C49H28N2O6/c52-9-13(10-53)50-47(56)49(48(57)51-14(11-54)12-55)45-31-21-7-5-19-17-3-1-15-16-2-4-18-20-6-8-22-30-28(20)35-26(18)24(16)33-23(15)25(17)34-27(19)29(21)36-38(31)39(32(22)46(45)49)37(30)44-42(35)40(33)41(34)43(36)44/h1-8,13-14,19,27,45-46,52-55H,9-12H2,(H,50,56)(H,51,57). The van der Waals surface area contributed by atoms with Crippen LogP contribution in [-0.4, -0.2) is 70.8 Å². The third-order valence-corrected chi connectivity index (χ3v) is 16.6. The number of aliphatic hydroxyl groups excluding tert-OH is 4. The van der Waals surface area contributed by atoms with Gasteiger partial charge in [-0.25, -0.2) is 0 Å². The molecule has 0 heterocycles. The Kier molecular flexibility index (Phi) is 4.05.